The summed E-state index contributed by atoms with van der Waals surface area (Å²) in [6, 6.07) is 1.19. The lowest BCUT2D eigenvalue weighted by molar-refractivity contribution is -0.108. The van der Waals surface area contributed by atoms with Crippen molar-refractivity contribution in [3.8, 4) is 0 Å². The molecule has 2 nitrogen and oxygen atoms in total. The summed E-state index contributed by atoms with van der Waals surface area (Å²) in [6.07, 6.45) is 2.70. The van der Waals surface area contributed by atoms with E-state index in [0.717, 1.165) is 12.8 Å². The van der Waals surface area contributed by atoms with Crippen LogP contribution in [0.5, 0.6) is 0 Å². The van der Waals surface area contributed by atoms with E-state index in [1.807, 2.05) is 6.92 Å². The van der Waals surface area contributed by atoms with Gasteiger partial charge in [-0.05, 0) is 25.3 Å². The number of amides is 1. The predicted molar refractivity (Wildman–Crippen MR) is 67.6 cm³/mol. The predicted octanol–water partition coefficient (Wildman–Crippen LogP) is 3.77. The zero-order valence-corrected chi connectivity index (χ0v) is 10.9. The van der Waals surface area contributed by atoms with Crippen molar-refractivity contribution in [3.05, 3.63) is 40.7 Å². The van der Waals surface area contributed by atoms with E-state index in [1.165, 1.54) is 0 Å². The number of carbonyl (C=O) groups excluding carboxylic acids is 1. The SMILES string of the molecule is CCCC/C(C)=C(\NC=O)c1c(F)cc(F)cc1F. The van der Waals surface area contributed by atoms with Crippen molar-refractivity contribution in [2.75, 3.05) is 0 Å². The molecule has 0 radical (unpaired) electrons. The Bertz CT molecular complexity index is 474. The van der Waals surface area contributed by atoms with Crippen LogP contribution >= 0.6 is 0 Å². The molecular weight excluding hydrogens is 255 g/mol. The first-order valence-corrected chi connectivity index (χ1v) is 6.06. The molecular formula is C14H16F3NO. The molecule has 0 unspecified atom stereocenters. The molecule has 1 rings (SSSR count). The number of hydrogen-bond acceptors (Lipinski definition) is 1. The highest BCUT2D eigenvalue weighted by Gasteiger charge is 2.17. The molecule has 0 aromatic heterocycles. The molecule has 19 heavy (non-hydrogen) atoms. The van der Waals surface area contributed by atoms with Gasteiger partial charge in [0.1, 0.15) is 17.5 Å². The van der Waals surface area contributed by atoms with Crippen LogP contribution in [0.3, 0.4) is 0 Å². The summed E-state index contributed by atoms with van der Waals surface area (Å²) in [6.45, 7) is 3.67. The molecule has 1 aromatic rings. The second-order valence-corrected chi connectivity index (χ2v) is 4.27. The number of halogens is 3. The zero-order chi connectivity index (χ0) is 14.4. The molecule has 0 fully saturated rings. The van der Waals surface area contributed by atoms with Gasteiger partial charge in [0, 0.05) is 12.1 Å². The minimum absolute atomic E-state index is 0.0680. The molecule has 0 aliphatic carbocycles. The molecule has 0 heterocycles. The smallest absolute Gasteiger partial charge is 0.211 e. The van der Waals surface area contributed by atoms with Gasteiger partial charge in [-0.3, -0.25) is 4.79 Å². The van der Waals surface area contributed by atoms with E-state index in [0.29, 0.717) is 30.5 Å². The molecule has 0 saturated carbocycles. The normalized spacial score (nSPS) is 12.1. The van der Waals surface area contributed by atoms with Crippen LogP contribution in [0.15, 0.2) is 17.7 Å². The molecule has 1 aromatic carbocycles. The summed E-state index contributed by atoms with van der Waals surface area (Å²) in [7, 11) is 0. The fraction of sp³-hybridized carbons (Fsp3) is 0.357. The first-order valence-electron chi connectivity index (χ1n) is 6.06. The van der Waals surface area contributed by atoms with E-state index in [2.05, 4.69) is 5.32 Å². The minimum Gasteiger partial charge on any atom is -0.328 e. The summed E-state index contributed by atoms with van der Waals surface area (Å²) in [5.74, 6) is -3.05. The topological polar surface area (TPSA) is 29.1 Å². The number of benzene rings is 1. The summed E-state index contributed by atoms with van der Waals surface area (Å²) >= 11 is 0. The van der Waals surface area contributed by atoms with E-state index in [9.17, 15) is 18.0 Å². The summed E-state index contributed by atoms with van der Waals surface area (Å²) in [5, 5.41) is 2.31. The minimum atomic E-state index is -1.03. The maximum Gasteiger partial charge on any atom is 0.211 e. The fourth-order valence-corrected chi connectivity index (χ4v) is 1.82. The van der Waals surface area contributed by atoms with Crippen molar-refractivity contribution in [1.82, 2.24) is 5.32 Å². The number of carbonyl (C=O) groups is 1. The quantitative estimate of drug-likeness (QED) is 0.784. The molecule has 0 aliphatic rings. The van der Waals surface area contributed by atoms with Gasteiger partial charge in [-0.2, -0.15) is 0 Å². The van der Waals surface area contributed by atoms with Crippen LogP contribution in [-0.4, -0.2) is 6.41 Å². The maximum absolute atomic E-state index is 13.7. The van der Waals surface area contributed by atoms with Gasteiger partial charge in [-0.1, -0.05) is 13.3 Å². The monoisotopic (exact) mass is 271 g/mol. The zero-order valence-electron chi connectivity index (χ0n) is 10.9. The summed E-state index contributed by atoms with van der Waals surface area (Å²) in [4.78, 5) is 10.6. The van der Waals surface area contributed by atoms with Crippen LogP contribution < -0.4 is 5.32 Å². The number of unbranched alkanes of at least 4 members (excludes halogenated alkanes) is 1. The van der Waals surface area contributed by atoms with Gasteiger partial charge in [0.2, 0.25) is 6.41 Å². The molecule has 0 atom stereocenters. The van der Waals surface area contributed by atoms with Crippen molar-refractivity contribution in [2.45, 2.75) is 33.1 Å². The van der Waals surface area contributed by atoms with Gasteiger partial charge in [0.15, 0.2) is 0 Å². The van der Waals surface area contributed by atoms with Gasteiger partial charge in [-0.25, -0.2) is 13.2 Å². The van der Waals surface area contributed by atoms with Crippen LogP contribution in [0.2, 0.25) is 0 Å². The van der Waals surface area contributed by atoms with E-state index in [1.54, 1.807) is 6.92 Å². The standard InChI is InChI=1S/C14H16F3NO/c1-3-4-5-9(2)14(18-8-19)13-11(16)6-10(15)7-12(13)17/h6-8H,3-5H2,1-2H3,(H,18,19)/b14-9-. The number of hydrogen-bond donors (Lipinski definition) is 1. The first-order chi connectivity index (χ1) is 9.01. The third kappa shape index (κ3) is 3.84. The lowest BCUT2D eigenvalue weighted by Crippen LogP contribution is -2.14. The first kappa shape index (κ1) is 15.3. The Balaban J connectivity index is 3.30. The Kier molecular flexibility index (Phi) is 5.60. The lowest BCUT2D eigenvalue weighted by atomic mass is 10.0. The highest BCUT2D eigenvalue weighted by molar-refractivity contribution is 5.76. The van der Waals surface area contributed by atoms with E-state index < -0.39 is 23.0 Å². The molecule has 0 aliphatic heterocycles. The van der Waals surface area contributed by atoms with Crippen LogP contribution in [-0.2, 0) is 4.79 Å². The van der Waals surface area contributed by atoms with Gasteiger partial charge in [0.25, 0.3) is 0 Å². The van der Waals surface area contributed by atoms with Gasteiger partial charge in [-0.15, -0.1) is 0 Å². The van der Waals surface area contributed by atoms with Crippen LogP contribution in [0.4, 0.5) is 13.2 Å². The third-order valence-corrected chi connectivity index (χ3v) is 2.79. The average molecular weight is 271 g/mol. The molecule has 0 saturated heterocycles. The third-order valence-electron chi connectivity index (χ3n) is 2.79. The molecule has 1 N–H and O–H groups in total. The highest BCUT2D eigenvalue weighted by atomic mass is 19.1. The Labute approximate surface area is 110 Å². The van der Waals surface area contributed by atoms with Crippen LogP contribution in [0.25, 0.3) is 5.70 Å². The Morgan fingerprint density at radius 1 is 1.26 bits per heavy atom. The second-order valence-electron chi connectivity index (χ2n) is 4.27. The second kappa shape index (κ2) is 6.97. The van der Waals surface area contributed by atoms with Gasteiger partial charge in [0.05, 0.1) is 11.3 Å². The molecule has 1 amide bonds. The van der Waals surface area contributed by atoms with Crippen LogP contribution in [0, 0.1) is 17.5 Å². The van der Waals surface area contributed by atoms with E-state index in [-0.39, 0.29) is 5.70 Å². The number of rotatable bonds is 6. The van der Waals surface area contributed by atoms with Gasteiger partial charge >= 0.3 is 0 Å². The molecule has 0 spiro atoms. The molecule has 5 heteroatoms. The van der Waals surface area contributed by atoms with E-state index >= 15 is 0 Å². The Morgan fingerprint density at radius 2 is 1.84 bits per heavy atom. The Morgan fingerprint density at radius 3 is 2.32 bits per heavy atom. The lowest BCUT2D eigenvalue weighted by Gasteiger charge is -2.13. The van der Waals surface area contributed by atoms with Gasteiger partial charge < -0.3 is 5.32 Å². The number of nitrogens with one attached hydrogen (secondary N) is 1. The van der Waals surface area contributed by atoms with Crippen molar-refractivity contribution in [2.24, 2.45) is 0 Å². The molecule has 0 bridgehead atoms. The largest absolute Gasteiger partial charge is 0.328 e. The maximum atomic E-state index is 13.7. The van der Waals surface area contributed by atoms with Crippen molar-refractivity contribution >= 4 is 12.1 Å². The van der Waals surface area contributed by atoms with Crippen molar-refractivity contribution in [3.63, 3.8) is 0 Å². The van der Waals surface area contributed by atoms with E-state index in [4.69, 9.17) is 0 Å². The van der Waals surface area contributed by atoms with Crippen molar-refractivity contribution < 1.29 is 18.0 Å². The number of allylic oxidation sites excluding steroid dienone is 1. The molecule has 104 valence electrons. The fourth-order valence-electron chi connectivity index (χ4n) is 1.82. The summed E-state index contributed by atoms with van der Waals surface area (Å²) in [5.41, 5.74) is 0.318. The van der Waals surface area contributed by atoms with Crippen molar-refractivity contribution in [1.29, 1.82) is 0 Å². The average Bonchev–Trinajstić information content (AvgIpc) is 2.33. The Hall–Kier alpha value is -1.78. The van der Waals surface area contributed by atoms with Crippen LogP contribution in [0.1, 0.15) is 38.7 Å². The summed E-state index contributed by atoms with van der Waals surface area (Å²) < 4.78 is 40.3. The highest BCUT2D eigenvalue weighted by Crippen LogP contribution is 2.25.